The second kappa shape index (κ2) is 5.07. The van der Waals surface area contributed by atoms with Gasteiger partial charge in [0.05, 0.1) is 0 Å². The second-order valence-corrected chi connectivity index (χ2v) is 4.96. The molecular formula is C14H19NO4. The fourth-order valence-corrected chi connectivity index (χ4v) is 2.38. The lowest BCUT2D eigenvalue weighted by Gasteiger charge is -2.37. The van der Waals surface area contributed by atoms with Gasteiger partial charge < -0.3 is 14.8 Å². The Morgan fingerprint density at radius 2 is 2.05 bits per heavy atom. The lowest BCUT2D eigenvalue weighted by Crippen LogP contribution is -2.59. The molecule has 104 valence electrons. The third-order valence-electron chi connectivity index (χ3n) is 3.79. The molecule has 0 saturated heterocycles. The van der Waals surface area contributed by atoms with E-state index in [4.69, 9.17) is 4.42 Å². The van der Waals surface area contributed by atoms with Gasteiger partial charge in [-0.05, 0) is 37.3 Å². The van der Waals surface area contributed by atoms with Gasteiger partial charge in [-0.3, -0.25) is 4.79 Å². The molecule has 2 N–H and O–H groups in total. The van der Waals surface area contributed by atoms with Gasteiger partial charge in [-0.2, -0.15) is 0 Å². The van der Waals surface area contributed by atoms with Crippen LogP contribution in [-0.4, -0.2) is 22.5 Å². The zero-order valence-electron chi connectivity index (χ0n) is 11.3. The fraction of sp³-hybridized carbons (Fsp3) is 0.571. The van der Waals surface area contributed by atoms with Crippen LogP contribution in [0.15, 0.2) is 10.5 Å². The average molecular weight is 265 g/mol. The topological polar surface area (TPSA) is 79.5 Å². The molecule has 0 radical (unpaired) electrons. The Hall–Kier alpha value is -1.78. The van der Waals surface area contributed by atoms with E-state index in [0.717, 1.165) is 30.6 Å². The van der Waals surface area contributed by atoms with E-state index in [1.807, 2.05) is 13.8 Å². The van der Waals surface area contributed by atoms with Crippen LogP contribution in [0.3, 0.4) is 0 Å². The number of nitrogens with one attached hydrogen (secondary N) is 1. The van der Waals surface area contributed by atoms with Gasteiger partial charge in [-0.1, -0.05) is 13.8 Å². The molecule has 0 spiro atoms. The number of carbonyl (C=O) groups is 2. The number of furan rings is 1. The molecule has 1 amide bonds. The van der Waals surface area contributed by atoms with Crippen LogP contribution in [-0.2, 0) is 17.6 Å². The van der Waals surface area contributed by atoms with Crippen LogP contribution in [0.1, 0.15) is 55.0 Å². The van der Waals surface area contributed by atoms with Crippen LogP contribution in [0.25, 0.3) is 0 Å². The molecule has 0 bridgehead atoms. The summed E-state index contributed by atoms with van der Waals surface area (Å²) in [4.78, 5) is 23.3. The van der Waals surface area contributed by atoms with Crippen molar-refractivity contribution in [1.82, 2.24) is 5.32 Å². The van der Waals surface area contributed by atoms with Crippen molar-refractivity contribution in [2.24, 2.45) is 0 Å². The van der Waals surface area contributed by atoms with Gasteiger partial charge in [0.25, 0.3) is 5.91 Å². The molecule has 0 aliphatic heterocycles. The number of carboxylic acids is 1. The normalized spacial score (nSPS) is 16.7. The number of hydrogen-bond acceptors (Lipinski definition) is 3. The summed E-state index contributed by atoms with van der Waals surface area (Å²) in [6.07, 6.45) is 3.31. The van der Waals surface area contributed by atoms with Gasteiger partial charge >= 0.3 is 5.97 Å². The highest BCUT2D eigenvalue weighted by molar-refractivity contribution is 5.96. The molecule has 2 rings (SSSR count). The molecule has 0 aromatic carbocycles. The molecule has 1 aliphatic rings. The van der Waals surface area contributed by atoms with E-state index in [2.05, 4.69) is 5.32 Å². The van der Waals surface area contributed by atoms with Crippen molar-refractivity contribution in [1.29, 1.82) is 0 Å². The van der Waals surface area contributed by atoms with E-state index in [9.17, 15) is 14.7 Å². The standard InChI is InChI=1S/C14H19NO4/c1-3-9-8-11(19-10(9)4-2)12(16)15-14(13(17)18)6-5-7-14/h8H,3-7H2,1-2H3,(H,15,16)(H,17,18). The fourth-order valence-electron chi connectivity index (χ4n) is 2.38. The van der Waals surface area contributed by atoms with Crippen LogP contribution < -0.4 is 5.32 Å². The van der Waals surface area contributed by atoms with E-state index in [1.165, 1.54) is 0 Å². The first kappa shape index (κ1) is 13.6. The first-order chi connectivity index (χ1) is 9.02. The second-order valence-electron chi connectivity index (χ2n) is 4.96. The summed E-state index contributed by atoms with van der Waals surface area (Å²) in [5, 5.41) is 11.8. The van der Waals surface area contributed by atoms with Gasteiger partial charge in [0.1, 0.15) is 11.3 Å². The predicted octanol–water partition coefficient (Wildman–Crippen LogP) is 2.14. The van der Waals surface area contributed by atoms with Crippen molar-refractivity contribution in [2.75, 3.05) is 0 Å². The monoisotopic (exact) mass is 265 g/mol. The zero-order chi connectivity index (χ0) is 14.0. The molecule has 19 heavy (non-hydrogen) atoms. The molecule has 1 fully saturated rings. The average Bonchev–Trinajstić information content (AvgIpc) is 2.76. The Labute approximate surface area is 112 Å². The molecule has 5 heteroatoms. The number of hydrogen-bond donors (Lipinski definition) is 2. The van der Waals surface area contributed by atoms with Gasteiger partial charge in [-0.25, -0.2) is 4.79 Å². The molecule has 0 unspecified atom stereocenters. The Balaban J connectivity index is 2.16. The Kier molecular flexibility index (Phi) is 3.64. The van der Waals surface area contributed by atoms with Crippen LogP contribution in [0.5, 0.6) is 0 Å². The van der Waals surface area contributed by atoms with E-state index in [-0.39, 0.29) is 5.76 Å². The third kappa shape index (κ3) is 2.37. The Morgan fingerprint density at radius 1 is 1.37 bits per heavy atom. The van der Waals surface area contributed by atoms with Crippen molar-refractivity contribution in [3.63, 3.8) is 0 Å². The number of aryl methyl sites for hydroxylation is 2. The Morgan fingerprint density at radius 3 is 2.42 bits per heavy atom. The largest absolute Gasteiger partial charge is 0.480 e. The molecule has 0 atom stereocenters. The Bertz CT molecular complexity index is 478. The quantitative estimate of drug-likeness (QED) is 0.854. The lowest BCUT2D eigenvalue weighted by molar-refractivity contribution is -0.148. The summed E-state index contributed by atoms with van der Waals surface area (Å²) < 4.78 is 5.51. The zero-order valence-corrected chi connectivity index (χ0v) is 11.3. The summed E-state index contributed by atoms with van der Waals surface area (Å²) in [5.74, 6) is -0.395. The first-order valence-electron chi connectivity index (χ1n) is 6.70. The van der Waals surface area contributed by atoms with Gasteiger partial charge in [0, 0.05) is 6.42 Å². The number of carbonyl (C=O) groups excluding carboxylic acids is 1. The summed E-state index contributed by atoms with van der Waals surface area (Å²) in [7, 11) is 0. The molecule has 1 aromatic heterocycles. The predicted molar refractivity (Wildman–Crippen MR) is 69.1 cm³/mol. The molecule has 1 aliphatic carbocycles. The van der Waals surface area contributed by atoms with Crippen LogP contribution in [0.4, 0.5) is 0 Å². The summed E-state index contributed by atoms with van der Waals surface area (Å²) >= 11 is 0. The van der Waals surface area contributed by atoms with Gasteiger partial charge in [-0.15, -0.1) is 0 Å². The first-order valence-corrected chi connectivity index (χ1v) is 6.70. The number of aliphatic carboxylic acids is 1. The van der Waals surface area contributed by atoms with Crippen LogP contribution in [0, 0.1) is 0 Å². The van der Waals surface area contributed by atoms with Crippen molar-refractivity contribution in [3.05, 3.63) is 23.2 Å². The van der Waals surface area contributed by atoms with E-state index >= 15 is 0 Å². The minimum absolute atomic E-state index is 0.209. The SMILES string of the molecule is CCc1cc(C(=O)NC2(C(=O)O)CCC2)oc1CC. The van der Waals surface area contributed by atoms with Crippen LogP contribution in [0.2, 0.25) is 0 Å². The highest BCUT2D eigenvalue weighted by atomic mass is 16.4. The van der Waals surface area contributed by atoms with Crippen molar-refractivity contribution >= 4 is 11.9 Å². The maximum absolute atomic E-state index is 12.1. The lowest BCUT2D eigenvalue weighted by atomic mass is 9.76. The number of carboxylic acid groups (broad SMARTS) is 1. The highest BCUT2D eigenvalue weighted by Crippen LogP contribution is 2.32. The smallest absolute Gasteiger partial charge is 0.329 e. The molecule has 1 aromatic rings. The number of rotatable bonds is 5. The van der Waals surface area contributed by atoms with E-state index in [0.29, 0.717) is 12.8 Å². The molecule has 5 nitrogen and oxygen atoms in total. The maximum Gasteiger partial charge on any atom is 0.329 e. The van der Waals surface area contributed by atoms with Gasteiger partial charge in [0.2, 0.25) is 0 Å². The van der Waals surface area contributed by atoms with Crippen molar-refractivity contribution < 1.29 is 19.1 Å². The minimum Gasteiger partial charge on any atom is -0.480 e. The van der Waals surface area contributed by atoms with Gasteiger partial charge in [0.15, 0.2) is 5.76 Å². The van der Waals surface area contributed by atoms with Crippen molar-refractivity contribution in [2.45, 2.75) is 51.5 Å². The number of amides is 1. The van der Waals surface area contributed by atoms with Crippen LogP contribution >= 0.6 is 0 Å². The minimum atomic E-state index is -1.09. The molecule has 1 heterocycles. The summed E-state index contributed by atoms with van der Waals surface area (Å²) in [5.41, 5.74) is -0.0894. The van der Waals surface area contributed by atoms with Crippen molar-refractivity contribution in [3.8, 4) is 0 Å². The highest BCUT2D eigenvalue weighted by Gasteiger charge is 2.46. The maximum atomic E-state index is 12.1. The van der Waals surface area contributed by atoms with E-state index in [1.54, 1.807) is 6.07 Å². The molecular weight excluding hydrogens is 246 g/mol. The van der Waals surface area contributed by atoms with E-state index < -0.39 is 17.4 Å². The summed E-state index contributed by atoms with van der Waals surface area (Å²) in [6.45, 7) is 3.96. The molecule has 1 saturated carbocycles. The third-order valence-corrected chi connectivity index (χ3v) is 3.79. The summed E-state index contributed by atoms with van der Waals surface area (Å²) in [6, 6.07) is 1.71.